The number of benzene rings is 1. The summed E-state index contributed by atoms with van der Waals surface area (Å²) in [6, 6.07) is 7.52. The average molecular weight is 548 g/mol. The molecule has 1 saturated carbocycles. The lowest BCUT2D eigenvalue weighted by Crippen LogP contribution is -2.52. The van der Waals surface area contributed by atoms with Gasteiger partial charge >= 0.3 is 18.2 Å². The van der Waals surface area contributed by atoms with E-state index < -0.39 is 41.7 Å². The summed E-state index contributed by atoms with van der Waals surface area (Å²) in [5.41, 5.74) is 0.227. The SMILES string of the molecule is COC(=O)[C@@H](CC1CCCCC1)NC(=O)[C@H](CCCCNC(=O)OC(C)(C)C)NC(=O)OCc1ccccc1. The molecule has 1 aromatic rings. The molecule has 0 radical (unpaired) electrons. The second kappa shape index (κ2) is 16.6. The van der Waals surface area contributed by atoms with Crippen LogP contribution in [0, 0.1) is 5.92 Å². The first-order chi connectivity index (χ1) is 18.6. The van der Waals surface area contributed by atoms with E-state index in [4.69, 9.17) is 14.2 Å². The molecular weight excluding hydrogens is 502 g/mol. The summed E-state index contributed by atoms with van der Waals surface area (Å²) >= 11 is 0. The highest BCUT2D eigenvalue weighted by atomic mass is 16.6. The van der Waals surface area contributed by atoms with Gasteiger partial charge in [0.2, 0.25) is 5.91 Å². The van der Waals surface area contributed by atoms with Crippen LogP contribution in [-0.4, -0.2) is 55.4 Å². The maximum Gasteiger partial charge on any atom is 0.408 e. The van der Waals surface area contributed by atoms with Crippen LogP contribution in [0.2, 0.25) is 0 Å². The Balaban J connectivity index is 1.96. The Hall–Kier alpha value is -3.30. The molecule has 0 aromatic heterocycles. The van der Waals surface area contributed by atoms with Crippen molar-refractivity contribution in [3.05, 3.63) is 35.9 Å². The molecule has 0 heterocycles. The largest absolute Gasteiger partial charge is 0.467 e. The number of esters is 1. The summed E-state index contributed by atoms with van der Waals surface area (Å²) in [6.07, 6.45) is 6.08. The highest BCUT2D eigenvalue weighted by molar-refractivity contribution is 5.89. The van der Waals surface area contributed by atoms with Gasteiger partial charge in [-0.05, 0) is 57.9 Å². The minimum atomic E-state index is -0.923. The second-order valence-corrected chi connectivity index (χ2v) is 11.0. The van der Waals surface area contributed by atoms with Crippen molar-refractivity contribution in [2.24, 2.45) is 5.92 Å². The summed E-state index contributed by atoms with van der Waals surface area (Å²) in [5.74, 6) is -0.636. The van der Waals surface area contributed by atoms with Gasteiger partial charge in [0.1, 0.15) is 24.3 Å². The van der Waals surface area contributed by atoms with Gasteiger partial charge in [0.15, 0.2) is 0 Å². The first-order valence-corrected chi connectivity index (χ1v) is 13.9. The van der Waals surface area contributed by atoms with Gasteiger partial charge in [-0.2, -0.15) is 0 Å². The number of nitrogens with one attached hydrogen (secondary N) is 3. The maximum atomic E-state index is 13.3. The van der Waals surface area contributed by atoms with Gasteiger partial charge in [-0.25, -0.2) is 14.4 Å². The van der Waals surface area contributed by atoms with Gasteiger partial charge < -0.3 is 30.2 Å². The quantitative estimate of drug-likeness (QED) is 0.187. The first kappa shape index (κ1) is 31.9. The zero-order valence-electron chi connectivity index (χ0n) is 23.8. The fourth-order valence-electron chi connectivity index (χ4n) is 4.54. The molecule has 1 aliphatic carbocycles. The van der Waals surface area contributed by atoms with Gasteiger partial charge in [-0.3, -0.25) is 4.79 Å². The Bertz CT molecular complexity index is 911. The van der Waals surface area contributed by atoms with Crippen LogP contribution >= 0.6 is 0 Å². The number of amides is 3. The highest BCUT2D eigenvalue weighted by Gasteiger charge is 2.30. The zero-order valence-corrected chi connectivity index (χ0v) is 23.8. The number of rotatable bonds is 13. The summed E-state index contributed by atoms with van der Waals surface area (Å²) < 4.78 is 15.5. The van der Waals surface area contributed by atoms with Crippen LogP contribution < -0.4 is 16.0 Å². The van der Waals surface area contributed by atoms with Crippen LogP contribution in [0.15, 0.2) is 30.3 Å². The van der Waals surface area contributed by atoms with Crippen molar-refractivity contribution in [1.29, 1.82) is 0 Å². The molecule has 10 nitrogen and oxygen atoms in total. The summed E-state index contributed by atoms with van der Waals surface area (Å²) in [6.45, 7) is 5.78. The Kier molecular flexibility index (Phi) is 13.6. The van der Waals surface area contributed by atoms with Crippen LogP contribution in [0.5, 0.6) is 0 Å². The van der Waals surface area contributed by atoms with Gasteiger partial charge in [0.25, 0.3) is 0 Å². The Labute approximate surface area is 231 Å². The van der Waals surface area contributed by atoms with Crippen molar-refractivity contribution in [3.63, 3.8) is 0 Å². The predicted octanol–water partition coefficient (Wildman–Crippen LogP) is 4.60. The van der Waals surface area contributed by atoms with Crippen molar-refractivity contribution in [2.75, 3.05) is 13.7 Å². The first-order valence-electron chi connectivity index (χ1n) is 13.9. The Morgan fingerprint density at radius 2 is 1.62 bits per heavy atom. The second-order valence-electron chi connectivity index (χ2n) is 11.0. The summed E-state index contributed by atoms with van der Waals surface area (Å²) in [5, 5.41) is 8.14. The lowest BCUT2D eigenvalue weighted by Gasteiger charge is -2.27. The van der Waals surface area contributed by atoms with Crippen molar-refractivity contribution in [1.82, 2.24) is 16.0 Å². The number of unbranched alkanes of at least 4 members (excludes halogenated alkanes) is 1. The van der Waals surface area contributed by atoms with Crippen LogP contribution in [0.4, 0.5) is 9.59 Å². The molecule has 1 fully saturated rings. The average Bonchev–Trinajstić information content (AvgIpc) is 2.90. The number of hydrogen-bond donors (Lipinski definition) is 3. The third-order valence-corrected chi connectivity index (χ3v) is 6.51. The standard InChI is InChI=1S/C29H45N3O7/c1-29(2,3)39-27(35)30-18-12-11-17-23(32-28(36)38-20-22-15-9-6-10-16-22)25(33)31-24(26(34)37-4)19-21-13-7-5-8-14-21/h6,9-10,15-16,21,23-24H,5,7-8,11-14,17-20H2,1-4H3,(H,30,35)(H,31,33)(H,32,36)/t23-,24+/m0/s1. The monoisotopic (exact) mass is 547 g/mol. The molecule has 39 heavy (non-hydrogen) atoms. The molecule has 1 aliphatic rings. The van der Waals surface area contributed by atoms with E-state index >= 15 is 0 Å². The molecule has 2 atom stereocenters. The molecule has 10 heteroatoms. The van der Waals surface area contributed by atoms with E-state index in [9.17, 15) is 19.2 Å². The van der Waals surface area contributed by atoms with Crippen molar-refractivity contribution in [2.45, 2.75) is 103 Å². The van der Waals surface area contributed by atoms with E-state index in [-0.39, 0.29) is 6.61 Å². The lowest BCUT2D eigenvalue weighted by atomic mass is 9.84. The maximum absolute atomic E-state index is 13.3. The van der Waals surface area contributed by atoms with E-state index in [1.54, 1.807) is 20.8 Å². The third kappa shape index (κ3) is 13.4. The highest BCUT2D eigenvalue weighted by Crippen LogP contribution is 2.27. The fourth-order valence-corrected chi connectivity index (χ4v) is 4.54. The zero-order chi connectivity index (χ0) is 28.7. The van der Waals surface area contributed by atoms with E-state index in [1.807, 2.05) is 30.3 Å². The summed E-state index contributed by atoms with van der Waals surface area (Å²) in [4.78, 5) is 50.2. The number of methoxy groups -OCH3 is 1. The van der Waals surface area contributed by atoms with Gasteiger partial charge in [-0.1, -0.05) is 62.4 Å². The van der Waals surface area contributed by atoms with Crippen molar-refractivity contribution >= 4 is 24.1 Å². The molecule has 0 aliphatic heterocycles. The number of ether oxygens (including phenoxy) is 3. The molecule has 0 spiro atoms. The van der Waals surface area contributed by atoms with Gasteiger partial charge in [0.05, 0.1) is 7.11 Å². The normalized spacial score (nSPS) is 15.4. The van der Waals surface area contributed by atoms with E-state index in [0.717, 1.165) is 31.2 Å². The minimum absolute atomic E-state index is 0.0628. The van der Waals surface area contributed by atoms with E-state index in [0.29, 0.717) is 38.1 Å². The smallest absolute Gasteiger partial charge is 0.408 e. The van der Waals surface area contributed by atoms with Crippen molar-refractivity contribution in [3.8, 4) is 0 Å². The van der Waals surface area contributed by atoms with E-state index in [1.165, 1.54) is 13.5 Å². The van der Waals surface area contributed by atoms with Crippen LogP contribution in [0.25, 0.3) is 0 Å². The van der Waals surface area contributed by atoms with Crippen LogP contribution in [0.3, 0.4) is 0 Å². The molecule has 1 aromatic carbocycles. The lowest BCUT2D eigenvalue weighted by molar-refractivity contribution is -0.146. The number of alkyl carbamates (subject to hydrolysis) is 2. The minimum Gasteiger partial charge on any atom is -0.467 e. The summed E-state index contributed by atoms with van der Waals surface area (Å²) in [7, 11) is 1.30. The molecule has 3 N–H and O–H groups in total. The van der Waals surface area contributed by atoms with E-state index in [2.05, 4.69) is 16.0 Å². The number of carbonyl (C=O) groups is 4. The van der Waals surface area contributed by atoms with Crippen LogP contribution in [0.1, 0.15) is 84.1 Å². The predicted molar refractivity (Wildman–Crippen MR) is 147 cm³/mol. The number of hydrogen-bond acceptors (Lipinski definition) is 7. The fraction of sp³-hybridized carbons (Fsp3) is 0.655. The molecule has 218 valence electrons. The topological polar surface area (TPSA) is 132 Å². The van der Waals surface area contributed by atoms with Gasteiger partial charge in [0, 0.05) is 6.54 Å². The Morgan fingerprint density at radius 1 is 0.923 bits per heavy atom. The molecular formula is C29H45N3O7. The third-order valence-electron chi connectivity index (χ3n) is 6.51. The van der Waals surface area contributed by atoms with Crippen LogP contribution in [-0.2, 0) is 30.4 Å². The van der Waals surface area contributed by atoms with Crippen molar-refractivity contribution < 1.29 is 33.4 Å². The molecule has 3 amide bonds. The molecule has 0 unspecified atom stereocenters. The molecule has 0 bridgehead atoms. The molecule has 2 rings (SSSR count). The van der Waals surface area contributed by atoms with Gasteiger partial charge in [-0.15, -0.1) is 0 Å². The molecule has 0 saturated heterocycles. The number of carbonyl (C=O) groups excluding carboxylic acids is 4. The Morgan fingerprint density at radius 3 is 2.26 bits per heavy atom.